The molecular formula is C15H9Br2ClN2O. The van der Waals surface area contributed by atoms with Crippen molar-refractivity contribution in [1.29, 1.82) is 0 Å². The molecule has 0 radical (unpaired) electrons. The highest BCUT2D eigenvalue weighted by molar-refractivity contribution is 9.10. The highest BCUT2D eigenvalue weighted by Crippen LogP contribution is 2.34. The minimum absolute atomic E-state index is 0.207. The van der Waals surface area contributed by atoms with Crippen LogP contribution in [0.1, 0.15) is 11.1 Å². The number of aliphatic imine (C=N–C) groups is 1. The first-order valence-corrected chi connectivity index (χ1v) is 8.08. The van der Waals surface area contributed by atoms with E-state index in [1.165, 1.54) is 0 Å². The lowest BCUT2D eigenvalue weighted by molar-refractivity contribution is -0.110. The Hall–Kier alpha value is -1.17. The zero-order valence-electron chi connectivity index (χ0n) is 10.9. The average molecular weight is 429 g/mol. The van der Waals surface area contributed by atoms with Gasteiger partial charge in [0.15, 0.2) is 0 Å². The third-order valence-electron chi connectivity index (χ3n) is 3.24. The van der Waals surface area contributed by atoms with E-state index < -0.39 is 0 Å². The maximum atomic E-state index is 12.1. The molecule has 0 spiro atoms. The first kappa shape index (κ1) is 14.8. The molecule has 3 nitrogen and oxygen atoms in total. The highest BCUT2D eigenvalue weighted by atomic mass is 79.9. The van der Waals surface area contributed by atoms with Crippen molar-refractivity contribution in [2.75, 3.05) is 5.32 Å². The topological polar surface area (TPSA) is 41.5 Å². The molecule has 6 heteroatoms. The fraction of sp³-hybridized carbons (Fsp3) is 0.0667. The summed E-state index contributed by atoms with van der Waals surface area (Å²) < 4.78 is 1.71. The van der Waals surface area contributed by atoms with E-state index >= 15 is 0 Å². The van der Waals surface area contributed by atoms with Crippen LogP contribution in [0.5, 0.6) is 0 Å². The van der Waals surface area contributed by atoms with Crippen LogP contribution in [0.4, 0.5) is 11.4 Å². The summed E-state index contributed by atoms with van der Waals surface area (Å²) in [6, 6.07) is 9.26. The summed E-state index contributed by atoms with van der Waals surface area (Å²) in [7, 11) is 0. The quantitative estimate of drug-likeness (QED) is 0.663. The van der Waals surface area contributed by atoms with Gasteiger partial charge in [-0.2, -0.15) is 0 Å². The van der Waals surface area contributed by atoms with Crippen LogP contribution in [0, 0.1) is 6.92 Å². The number of nitrogens with one attached hydrogen (secondary N) is 1. The Morgan fingerprint density at radius 1 is 1.19 bits per heavy atom. The normalized spacial score (nSPS) is 15.2. The lowest BCUT2D eigenvalue weighted by Gasteiger charge is -2.05. The lowest BCUT2D eigenvalue weighted by atomic mass is 10.1. The number of fused-ring (bicyclic) bond motifs is 1. The second kappa shape index (κ2) is 5.55. The molecule has 2 aromatic rings. The summed E-state index contributed by atoms with van der Waals surface area (Å²) >= 11 is 13.0. The van der Waals surface area contributed by atoms with E-state index in [0.29, 0.717) is 16.4 Å². The zero-order valence-corrected chi connectivity index (χ0v) is 14.8. The molecule has 0 bridgehead atoms. The van der Waals surface area contributed by atoms with Crippen LogP contribution < -0.4 is 5.32 Å². The van der Waals surface area contributed by atoms with E-state index in [0.717, 1.165) is 25.8 Å². The summed E-state index contributed by atoms with van der Waals surface area (Å²) in [5.41, 5.74) is 3.46. The van der Waals surface area contributed by atoms with Crippen LogP contribution in [0.25, 0.3) is 0 Å². The smallest absolute Gasteiger partial charge is 0.275 e. The Labute approximate surface area is 143 Å². The fourth-order valence-electron chi connectivity index (χ4n) is 2.12. The van der Waals surface area contributed by atoms with Gasteiger partial charge in [-0.1, -0.05) is 27.5 Å². The minimum Gasteiger partial charge on any atom is -0.320 e. The summed E-state index contributed by atoms with van der Waals surface area (Å²) in [5, 5.41) is 3.41. The van der Waals surface area contributed by atoms with Gasteiger partial charge in [-0.25, -0.2) is 4.99 Å². The van der Waals surface area contributed by atoms with Gasteiger partial charge in [0.05, 0.1) is 16.4 Å². The Morgan fingerprint density at radius 2 is 1.95 bits per heavy atom. The number of carbonyl (C=O) groups excluding carboxylic acids is 1. The van der Waals surface area contributed by atoms with Gasteiger partial charge in [0.25, 0.3) is 5.91 Å². The van der Waals surface area contributed by atoms with E-state index in [1.807, 2.05) is 37.3 Å². The number of benzene rings is 2. The summed E-state index contributed by atoms with van der Waals surface area (Å²) in [4.78, 5) is 16.6. The first-order chi connectivity index (χ1) is 9.97. The zero-order chi connectivity index (χ0) is 15.1. The Kier molecular flexibility index (Phi) is 3.90. The second-order valence-electron chi connectivity index (χ2n) is 4.61. The van der Waals surface area contributed by atoms with Crippen molar-refractivity contribution in [2.24, 2.45) is 4.99 Å². The maximum Gasteiger partial charge on any atom is 0.275 e. The number of amides is 1. The second-order valence-corrected chi connectivity index (χ2v) is 6.76. The standard InChI is InChI=1S/C15H9Br2ClN2O/c1-7-11(5-3-10(17)13(7)18)19-14-9-6-8(16)2-4-12(9)20-15(14)21/h2-6H,1H3,(H,19,20,21). The SMILES string of the molecule is Cc1c(N=C2C(=O)Nc3ccc(Br)cc32)ccc(Br)c1Cl. The summed E-state index contributed by atoms with van der Waals surface area (Å²) in [6.07, 6.45) is 0. The number of nitrogens with zero attached hydrogens (tertiary/aromatic N) is 1. The molecular weight excluding hydrogens is 419 g/mol. The molecule has 0 atom stereocenters. The lowest BCUT2D eigenvalue weighted by Crippen LogP contribution is -2.14. The number of carbonyl (C=O) groups is 1. The molecule has 1 amide bonds. The number of rotatable bonds is 1. The molecule has 0 unspecified atom stereocenters. The van der Waals surface area contributed by atoms with Gasteiger partial charge in [-0.15, -0.1) is 0 Å². The van der Waals surface area contributed by atoms with Crippen LogP contribution in [-0.4, -0.2) is 11.6 Å². The van der Waals surface area contributed by atoms with Crippen molar-refractivity contribution in [3.8, 4) is 0 Å². The average Bonchev–Trinajstić information content (AvgIpc) is 2.75. The summed E-state index contributed by atoms with van der Waals surface area (Å²) in [6.45, 7) is 1.88. The summed E-state index contributed by atoms with van der Waals surface area (Å²) in [5.74, 6) is -0.207. The molecule has 106 valence electrons. The molecule has 0 aliphatic carbocycles. The number of halogens is 3. The molecule has 0 saturated heterocycles. The molecule has 0 saturated carbocycles. The molecule has 3 rings (SSSR count). The van der Waals surface area contributed by atoms with Crippen LogP contribution in [0.3, 0.4) is 0 Å². The number of anilines is 1. The van der Waals surface area contributed by atoms with Crippen molar-refractivity contribution in [1.82, 2.24) is 0 Å². The van der Waals surface area contributed by atoms with Crippen LogP contribution in [-0.2, 0) is 4.79 Å². The van der Waals surface area contributed by atoms with E-state index in [4.69, 9.17) is 11.6 Å². The van der Waals surface area contributed by atoms with Crippen LogP contribution in [0.2, 0.25) is 5.02 Å². The first-order valence-electron chi connectivity index (χ1n) is 6.12. The van der Waals surface area contributed by atoms with Gasteiger partial charge in [-0.05, 0) is 58.7 Å². The van der Waals surface area contributed by atoms with Gasteiger partial charge >= 0.3 is 0 Å². The van der Waals surface area contributed by atoms with E-state index in [-0.39, 0.29) is 5.91 Å². The maximum absolute atomic E-state index is 12.1. The largest absolute Gasteiger partial charge is 0.320 e. The number of hydrogen-bond donors (Lipinski definition) is 1. The van der Waals surface area contributed by atoms with Crippen molar-refractivity contribution < 1.29 is 4.79 Å². The monoisotopic (exact) mass is 426 g/mol. The molecule has 1 aliphatic rings. The van der Waals surface area contributed by atoms with Crippen LogP contribution in [0.15, 0.2) is 44.3 Å². The van der Waals surface area contributed by atoms with Gasteiger partial charge < -0.3 is 5.32 Å². The van der Waals surface area contributed by atoms with Gasteiger partial charge in [0.2, 0.25) is 0 Å². The predicted molar refractivity (Wildman–Crippen MR) is 92.9 cm³/mol. The Morgan fingerprint density at radius 3 is 2.71 bits per heavy atom. The fourth-order valence-corrected chi connectivity index (χ4v) is 3.07. The molecule has 2 aromatic carbocycles. The molecule has 1 aliphatic heterocycles. The van der Waals surface area contributed by atoms with Crippen LogP contribution >= 0.6 is 43.5 Å². The van der Waals surface area contributed by atoms with E-state index in [2.05, 4.69) is 42.2 Å². The van der Waals surface area contributed by atoms with Gasteiger partial charge in [0, 0.05) is 14.5 Å². The van der Waals surface area contributed by atoms with Crippen molar-refractivity contribution in [3.63, 3.8) is 0 Å². The predicted octanol–water partition coefficient (Wildman–Crippen LogP) is 5.25. The van der Waals surface area contributed by atoms with Crippen molar-refractivity contribution in [3.05, 3.63) is 55.4 Å². The third-order valence-corrected chi connectivity index (χ3v) is 5.11. The Bertz CT molecular complexity index is 803. The van der Waals surface area contributed by atoms with Gasteiger partial charge in [-0.3, -0.25) is 4.79 Å². The van der Waals surface area contributed by atoms with Gasteiger partial charge in [0.1, 0.15) is 5.71 Å². The third kappa shape index (κ3) is 2.65. The van der Waals surface area contributed by atoms with Crippen molar-refractivity contribution in [2.45, 2.75) is 6.92 Å². The molecule has 0 fully saturated rings. The minimum atomic E-state index is -0.207. The molecule has 1 heterocycles. The van der Waals surface area contributed by atoms with Crippen molar-refractivity contribution >= 4 is 66.5 Å². The molecule has 0 aromatic heterocycles. The van der Waals surface area contributed by atoms with E-state index in [9.17, 15) is 4.79 Å². The van der Waals surface area contributed by atoms with E-state index in [1.54, 1.807) is 0 Å². The highest BCUT2D eigenvalue weighted by Gasteiger charge is 2.26. The Balaban J connectivity index is 2.15. The molecule has 1 N–H and O–H groups in total. The number of hydrogen-bond acceptors (Lipinski definition) is 2. The molecule has 21 heavy (non-hydrogen) atoms.